The summed E-state index contributed by atoms with van der Waals surface area (Å²) >= 11 is 0. The minimum Gasteiger partial charge on any atom is -0.372 e. The highest BCUT2D eigenvalue weighted by Gasteiger charge is 2.03. The second-order valence-electron chi connectivity index (χ2n) is 6.32. The summed E-state index contributed by atoms with van der Waals surface area (Å²) in [7, 11) is 3.77. The molecule has 0 saturated carbocycles. The van der Waals surface area contributed by atoms with Crippen LogP contribution in [0.15, 0.2) is 47.7 Å². The third-order valence-electron chi connectivity index (χ3n) is 4.32. The quantitative estimate of drug-likeness (QED) is 0.390. The number of anilines is 1. The third kappa shape index (κ3) is 6.78. The molecule has 26 heavy (non-hydrogen) atoms. The molecule has 0 fully saturated rings. The van der Waals surface area contributed by atoms with Crippen LogP contribution in [0.25, 0.3) is 0 Å². The first-order chi connectivity index (χ1) is 12.7. The van der Waals surface area contributed by atoms with Crippen LogP contribution in [-0.2, 0) is 13.5 Å². The van der Waals surface area contributed by atoms with Gasteiger partial charge in [-0.15, -0.1) is 0 Å². The lowest BCUT2D eigenvalue weighted by molar-refractivity contribution is 0.698. The molecule has 0 saturated heterocycles. The number of benzene rings is 1. The molecule has 0 amide bonds. The van der Waals surface area contributed by atoms with Gasteiger partial charge in [-0.3, -0.25) is 9.67 Å². The van der Waals surface area contributed by atoms with Gasteiger partial charge in [0.15, 0.2) is 5.96 Å². The monoisotopic (exact) mass is 356 g/mol. The Labute approximate surface area is 157 Å². The summed E-state index contributed by atoms with van der Waals surface area (Å²) in [6, 6.07) is 10.6. The van der Waals surface area contributed by atoms with Crippen LogP contribution >= 0.6 is 0 Å². The standard InChI is InChI=1S/C20H32N6/c1-4-26(19-11-6-5-7-12-19)15-9-14-23-20(21-2)22-13-8-10-18-16-24-25(3)17-18/h5-7,11-12,16-17H,4,8-10,13-15H2,1-3H3,(H2,21,22,23). The highest BCUT2D eigenvalue weighted by atomic mass is 15.2. The Morgan fingerprint density at radius 3 is 2.50 bits per heavy atom. The van der Waals surface area contributed by atoms with E-state index in [1.54, 1.807) is 0 Å². The van der Waals surface area contributed by atoms with Crippen LogP contribution in [0.2, 0.25) is 0 Å². The van der Waals surface area contributed by atoms with E-state index in [0.717, 1.165) is 51.4 Å². The number of nitrogens with one attached hydrogen (secondary N) is 2. The molecule has 0 aliphatic carbocycles. The molecule has 0 unspecified atom stereocenters. The van der Waals surface area contributed by atoms with E-state index in [-0.39, 0.29) is 0 Å². The average molecular weight is 357 g/mol. The predicted octanol–water partition coefficient (Wildman–Crippen LogP) is 2.43. The maximum Gasteiger partial charge on any atom is 0.190 e. The fourth-order valence-electron chi connectivity index (χ4n) is 2.91. The average Bonchev–Trinajstić information content (AvgIpc) is 3.09. The lowest BCUT2D eigenvalue weighted by Gasteiger charge is -2.23. The third-order valence-corrected chi connectivity index (χ3v) is 4.32. The first-order valence-electron chi connectivity index (χ1n) is 9.45. The number of aliphatic imine (C=N–C) groups is 1. The number of hydrogen-bond donors (Lipinski definition) is 2. The molecule has 0 atom stereocenters. The molecule has 6 nitrogen and oxygen atoms in total. The summed E-state index contributed by atoms with van der Waals surface area (Å²) in [5.74, 6) is 0.874. The minimum atomic E-state index is 0.874. The van der Waals surface area contributed by atoms with Crippen LogP contribution < -0.4 is 15.5 Å². The number of rotatable bonds is 10. The molecule has 0 radical (unpaired) electrons. The van der Waals surface area contributed by atoms with E-state index < -0.39 is 0 Å². The first kappa shape index (κ1) is 19.8. The lowest BCUT2D eigenvalue weighted by Crippen LogP contribution is -2.39. The summed E-state index contributed by atoms with van der Waals surface area (Å²) < 4.78 is 1.85. The van der Waals surface area contributed by atoms with Crippen LogP contribution in [0.3, 0.4) is 0 Å². The SMILES string of the molecule is CCN(CCCNC(=NC)NCCCc1cnn(C)c1)c1ccccc1. The summed E-state index contributed by atoms with van der Waals surface area (Å²) in [5, 5.41) is 11.0. The molecule has 6 heteroatoms. The van der Waals surface area contributed by atoms with Gasteiger partial charge in [-0.2, -0.15) is 5.10 Å². The van der Waals surface area contributed by atoms with Gasteiger partial charge in [-0.1, -0.05) is 18.2 Å². The lowest BCUT2D eigenvalue weighted by atomic mass is 10.2. The molecule has 2 aromatic rings. The molecule has 2 N–H and O–H groups in total. The van der Waals surface area contributed by atoms with Gasteiger partial charge in [0, 0.05) is 52.2 Å². The first-order valence-corrected chi connectivity index (χ1v) is 9.45. The highest BCUT2D eigenvalue weighted by molar-refractivity contribution is 5.79. The largest absolute Gasteiger partial charge is 0.372 e. The van der Waals surface area contributed by atoms with E-state index in [2.05, 4.69) is 69.1 Å². The van der Waals surface area contributed by atoms with Crippen molar-refractivity contribution in [2.24, 2.45) is 12.0 Å². The van der Waals surface area contributed by atoms with E-state index >= 15 is 0 Å². The molecular weight excluding hydrogens is 324 g/mol. The van der Waals surface area contributed by atoms with Crippen LogP contribution in [0, 0.1) is 0 Å². The fourth-order valence-corrected chi connectivity index (χ4v) is 2.91. The topological polar surface area (TPSA) is 57.5 Å². The second kappa shape index (κ2) is 11.2. The molecule has 0 aliphatic heterocycles. The van der Waals surface area contributed by atoms with Crippen LogP contribution in [0.4, 0.5) is 5.69 Å². The molecule has 0 bridgehead atoms. The normalized spacial score (nSPS) is 11.4. The summed E-state index contributed by atoms with van der Waals surface area (Å²) in [5.41, 5.74) is 2.56. The molecule has 1 aromatic carbocycles. The van der Waals surface area contributed by atoms with Crippen molar-refractivity contribution in [3.63, 3.8) is 0 Å². The molecule has 2 rings (SSSR count). The summed E-state index contributed by atoms with van der Waals surface area (Å²) in [6.45, 7) is 6.06. The Hall–Kier alpha value is -2.50. The van der Waals surface area contributed by atoms with Gasteiger partial charge >= 0.3 is 0 Å². The van der Waals surface area contributed by atoms with Crippen molar-refractivity contribution >= 4 is 11.6 Å². The summed E-state index contributed by atoms with van der Waals surface area (Å²) in [6.07, 6.45) is 7.15. The molecule has 142 valence electrons. The zero-order chi connectivity index (χ0) is 18.6. The Kier molecular flexibility index (Phi) is 8.52. The Morgan fingerprint density at radius 2 is 1.88 bits per heavy atom. The van der Waals surface area contributed by atoms with Gasteiger partial charge < -0.3 is 15.5 Å². The highest BCUT2D eigenvalue weighted by Crippen LogP contribution is 2.12. The maximum absolute atomic E-state index is 4.30. The van der Waals surface area contributed by atoms with E-state index in [9.17, 15) is 0 Å². The Bertz CT molecular complexity index is 649. The zero-order valence-corrected chi connectivity index (χ0v) is 16.3. The maximum atomic E-state index is 4.30. The van der Waals surface area contributed by atoms with E-state index in [4.69, 9.17) is 0 Å². The number of aryl methyl sites for hydroxylation is 2. The van der Waals surface area contributed by atoms with Crippen molar-refractivity contribution in [1.29, 1.82) is 0 Å². The smallest absolute Gasteiger partial charge is 0.190 e. The van der Waals surface area contributed by atoms with Gasteiger partial charge in [-0.25, -0.2) is 0 Å². The van der Waals surface area contributed by atoms with Gasteiger partial charge in [0.05, 0.1) is 6.20 Å². The van der Waals surface area contributed by atoms with Gasteiger partial charge in [0.25, 0.3) is 0 Å². The number of hydrogen-bond acceptors (Lipinski definition) is 3. The molecule has 0 aliphatic rings. The molecule has 1 aromatic heterocycles. The molecule has 1 heterocycles. The van der Waals surface area contributed by atoms with Crippen molar-refractivity contribution in [2.45, 2.75) is 26.2 Å². The van der Waals surface area contributed by atoms with Crippen LogP contribution in [0.1, 0.15) is 25.3 Å². The van der Waals surface area contributed by atoms with Crippen molar-refractivity contribution in [3.8, 4) is 0 Å². The van der Waals surface area contributed by atoms with E-state index in [0.29, 0.717) is 0 Å². The minimum absolute atomic E-state index is 0.874. The van der Waals surface area contributed by atoms with Crippen molar-refractivity contribution in [2.75, 3.05) is 38.1 Å². The van der Waals surface area contributed by atoms with E-state index in [1.165, 1.54) is 11.3 Å². The number of guanidine groups is 1. The Morgan fingerprint density at radius 1 is 1.15 bits per heavy atom. The predicted molar refractivity (Wildman–Crippen MR) is 110 cm³/mol. The molecular formula is C20H32N6. The zero-order valence-electron chi connectivity index (χ0n) is 16.3. The number of aromatic nitrogens is 2. The second-order valence-corrected chi connectivity index (χ2v) is 6.32. The summed E-state index contributed by atoms with van der Waals surface area (Å²) in [4.78, 5) is 6.69. The number of nitrogens with zero attached hydrogens (tertiary/aromatic N) is 4. The van der Waals surface area contributed by atoms with Gasteiger partial charge in [-0.05, 0) is 43.9 Å². The van der Waals surface area contributed by atoms with Crippen molar-refractivity contribution in [1.82, 2.24) is 20.4 Å². The van der Waals surface area contributed by atoms with Crippen LogP contribution in [-0.4, -0.2) is 49.0 Å². The number of para-hydroxylation sites is 1. The van der Waals surface area contributed by atoms with Gasteiger partial charge in [0.2, 0.25) is 0 Å². The van der Waals surface area contributed by atoms with Gasteiger partial charge in [0.1, 0.15) is 0 Å². The van der Waals surface area contributed by atoms with Crippen molar-refractivity contribution in [3.05, 3.63) is 48.3 Å². The Balaban J connectivity index is 1.60. The fraction of sp³-hybridized carbons (Fsp3) is 0.500. The molecule has 0 spiro atoms. The van der Waals surface area contributed by atoms with E-state index in [1.807, 2.05) is 25.0 Å². The van der Waals surface area contributed by atoms with Crippen molar-refractivity contribution < 1.29 is 0 Å². The van der Waals surface area contributed by atoms with Crippen LogP contribution in [0.5, 0.6) is 0 Å².